The molecular formula is C18H21N3O. The predicted molar refractivity (Wildman–Crippen MR) is 89.4 cm³/mol. The molecule has 0 unspecified atom stereocenters. The van der Waals surface area contributed by atoms with E-state index in [0.717, 1.165) is 24.6 Å². The second-order valence-electron chi connectivity index (χ2n) is 5.75. The summed E-state index contributed by atoms with van der Waals surface area (Å²) in [5, 5.41) is 2.90. The third kappa shape index (κ3) is 3.45. The Hall–Kier alpha value is -2.36. The van der Waals surface area contributed by atoms with Crippen molar-refractivity contribution in [3.63, 3.8) is 0 Å². The highest BCUT2D eigenvalue weighted by Crippen LogP contribution is 2.18. The number of aryl methyl sites for hydroxylation is 1. The SMILES string of the molecule is Cc1ccc(NC(=O)c2cccc(N3CCCCC3)n2)cc1. The molecule has 22 heavy (non-hydrogen) atoms. The number of amides is 1. The van der Waals surface area contributed by atoms with Gasteiger partial charge in [-0.3, -0.25) is 4.79 Å². The van der Waals surface area contributed by atoms with Gasteiger partial charge in [-0.1, -0.05) is 23.8 Å². The lowest BCUT2D eigenvalue weighted by Crippen LogP contribution is -2.30. The predicted octanol–water partition coefficient (Wildman–Crippen LogP) is 3.63. The first-order chi connectivity index (χ1) is 10.7. The van der Waals surface area contributed by atoms with E-state index in [1.54, 1.807) is 6.07 Å². The smallest absolute Gasteiger partial charge is 0.274 e. The van der Waals surface area contributed by atoms with Gasteiger partial charge in [0.1, 0.15) is 11.5 Å². The maximum Gasteiger partial charge on any atom is 0.274 e. The minimum Gasteiger partial charge on any atom is -0.357 e. The second kappa shape index (κ2) is 6.60. The molecule has 1 aromatic heterocycles. The van der Waals surface area contributed by atoms with Crippen molar-refractivity contribution in [2.24, 2.45) is 0 Å². The molecule has 0 atom stereocenters. The zero-order valence-electron chi connectivity index (χ0n) is 12.9. The molecule has 2 aromatic rings. The van der Waals surface area contributed by atoms with E-state index in [0.29, 0.717) is 5.69 Å². The summed E-state index contributed by atoms with van der Waals surface area (Å²) in [5.41, 5.74) is 2.42. The number of carbonyl (C=O) groups excluding carboxylic acids is 1. The number of carbonyl (C=O) groups is 1. The van der Waals surface area contributed by atoms with Crippen LogP contribution in [0.1, 0.15) is 35.3 Å². The van der Waals surface area contributed by atoms with Gasteiger partial charge in [-0.25, -0.2) is 4.98 Å². The van der Waals surface area contributed by atoms with Crippen molar-refractivity contribution in [3.05, 3.63) is 53.7 Å². The third-order valence-corrected chi connectivity index (χ3v) is 3.96. The van der Waals surface area contributed by atoms with E-state index in [1.807, 2.05) is 43.3 Å². The Bertz CT molecular complexity index is 646. The normalized spacial score (nSPS) is 14.7. The summed E-state index contributed by atoms with van der Waals surface area (Å²) in [4.78, 5) is 19.1. The lowest BCUT2D eigenvalue weighted by Gasteiger charge is -2.27. The molecule has 0 aliphatic carbocycles. The van der Waals surface area contributed by atoms with Crippen molar-refractivity contribution in [1.82, 2.24) is 4.98 Å². The van der Waals surface area contributed by atoms with Crippen LogP contribution < -0.4 is 10.2 Å². The Morgan fingerprint density at radius 3 is 2.50 bits per heavy atom. The average Bonchev–Trinajstić information content (AvgIpc) is 2.58. The fraction of sp³-hybridized carbons (Fsp3) is 0.333. The molecule has 0 saturated carbocycles. The number of hydrogen-bond donors (Lipinski definition) is 1. The first-order valence-electron chi connectivity index (χ1n) is 7.82. The lowest BCUT2D eigenvalue weighted by molar-refractivity contribution is 0.102. The zero-order valence-corrected chi connectivity index (χ0v) is 12.9. The fourth-order valence-corrected chi connectivity index (χ4v) is 2.68. The minimum atomic E-state index is -0.164. The van der Waals surface area contributed by atoms with Gasteiger partial charge < -0.3 is 10.2 Å². The Kier molecular flexibility index (Phi) is 4.37. The number of aromatic nitrogens is 1. The molecule has 4 nitrogen and oxygen atoms in total. The van der Waals surface area contributed by atoms with Gasteiger partial charge in [0.2, 0.25) is 0 Å². The molecular weight excluding hydrogens is 274 g/mol. The number of nitrogens with one attached hydrogen (secondary N) is 1. The highest BCUT2D eigenvalue weighted by atomic mass is 16.1. The van der Waals surface area contributed by atoms with Crippen molar-refractivity contribution >= 4 is 17.4 Å². The average molecular weight is 295 g/mol. The van der Waals surface area contributed by atoms with Crippen LogP contribution >= 0.6 is 0 Å². The third-order valence-electron chi connectivity index (χ3n) is 3.96. The Morgan fingerprint density at radius 2 is 1.77 bits per heavy atom. The number of piperidine rings is 1. The van der Waals surface area contributed by atoms with E-state index in [2.05, 4.69) is 15.2 Å². The van der Waals surface area contributed by atoms with Crippen LogP contribution in [0.15, 0.2) is 42.5 Å². The Balaban J connectivity index is 1.73. The van der Waals surface area contributed by atoms with Crippen LogP contribution in [-0.4, -0.2) is 24.0 Å². The van der Waals surface area contributed by atoms with E-state index >= 15 is 0 Å². The van der Waals surface area contributed by atoms with Crippen LogP contribution in [0.4, 0.5) is 11.5 Å². The molecule has 0 bridgehead atoms. The van der Waals surface area contributed by atoms with Gasteiger partial charge in [0.15, 0.2) is 0 Å². The summed E-state index contributed by atoms with van der Waals surface area (Å²) in [7, 11) is 0. The van der Waals surface area contributed by atoms with Crippen LogP contribution in [0.3, 0.4) is 0 Å². The monoisotopic (exact) mass is 295 g/mol. The van der Waals surface area contributed by atoms with Crippen molar-refractivity contribution < 1.29 is 4.79 Å². The van der Waals surface area contributed by atoms with E-state index in [1.165, 1.54) is 24.8 Å². The van der Waals surface area contributed by atoms with Gasteiger partial charge in [0.25, 0.3) is 5.91 Å². The summed E-state index contributed by atoms with van der Waals surface area (Å²) in [6, 6.07) is 13.4. The highest BCUT2D eigenvalue weighted by molar-refractivity contribution is 6.03. The lowest BCUT2D eigenvalue weighted by atomic mass is 10.1. The number of hydrogen-bond acceptors (Lipinski definition) is 3. The molecule has 1 aliphatic heterocycles. The zero-order chi connectivity index (χ0) is 15.4. The van der Waals surface area contributed by atoms with E-state index in [4.69, 9.17) is 0 Å². The van der Waals surface area contributed by atoms with Crippen molar-refractivity contribution in [1.29, 1.82) is 0 Å². The van der Waals surface area contributed by atoms with Crippen LogP contribution in [-0.2, 0) is 0 Å². The number of nitrogens with zero attached hydrogens (tertiary/aromatic N) is 2. The molecule has 3 rings (SSSR count). The Morgan fingerprint density at radius 1 is 1.05 bits per heavy atom. The summed E-state index contributed by atoms with van der Waals surface area (Å²) in [6.45, 7) is 4.07. The summed E-state index contributed by atoms with van der Waals surface area (Å²) in [6.07, 6.45) is 3.67. The van der Waals surface area contributed by atoms with Crippen LogP contribution in [0, 0.1) is 6.92 Å². The first-order valence-corrected chi connectivity index (χ1v) is 7.82. The van der Waals surface area contributed by atoms with Crippen LogP contribution in [0.2, 0.25) is 0 Å². The largest absolute Gasteiger partial charge is 0.357 e. The molecule has 1 aromatic carbocycles. The number of anilines is 2. The molecule has 1 aliphatic rings. The van der Waals surface area contributed by atoms with Gasteiger partial charge in [-0.15, -0.1) is 0 Å². The number of rotatable bonds is 3. The fourth-order valence-electron chi connectivity index (χ4n) is 2.68. The molecule has 1 saturated heterocycles. The van der Waals surface area contributed by atoms with Gasteiger partial charge in [0.05, 0.1) is 0 Å². The van der Waals surface area contributed by atoms with Crippen molar-refractivity contribution in [2.75, 3.05) is 23.3 Å². The van der Waals surface area contributed by atoms with E-state index < -0.39 is 0 Å². The van der Waals surface area contributed by atoms with Gasteiger partial charge in [-0.05, 0) is 50.5 Å². The van der Waals surface area contributed by atoms with Crippen molar-refractivity contribution in [3.8, 4) is 0 Å². The molecule has 1 fully saturated rings. The summed E-state index contributed by atoms with van der Waals surface area (Å²) < 4.78 is 0. The standard InChI is InChI=1S/C18H21N3O/c1-14-8-10-15(11-9-14)19-18(22)16-6-5-7-17(20-16)21-12-3-2-4-13-21/h5-11H,2-4,12-13H2,1H3,(H,19,22). The van der Waals surface area contributed by atoms with Crippen LogP contribution in [0.5, 0.6) is 0 Å². The van der Waals surface area contributed by atoms with Crippen molar-refractivity contribution in [2.45, 2.75) is 26.2 Å². The maximum absolute atomic E-state index is 12.3. The summed E-state index contributed by atoms with van der Waals surface area (Å²) in [5.74, 6) is 0.735. The minimum absolute atomic E-state index is 0.164. The summed E-state index contributed by atoms with van der Waals surface area (Å²) >= 11 is 0. The molecule has 1 amide bonds. The second-order valence-corrected chi connectivity index (χ2v) is 5.75. The number of pyridine rings is 1. The number of benzene rings is 1. The van der Waals surface area contributed by atoms with Gasteiger partial charge >= 0.3 is 0 Å². The quantitative estimate of drug-likeness (QED) is 0.940. The molecule has 114 valence electrons. The molecule has 0 radical (unpaired) electrons. The van der Waals surface area contributed by atoms with Gasteiger partial charge in [0, 0.05) is 18.8 Å². The molecule has 2 heterocycles. The highest BCUT2D eigenvalue weighted by Gasteiger charge is 2.14. The molecule has 1 N–H and O–H groups in total. The van der Waals surface area contributed by atoms with Gasteiger partial charge in [-0.2, -0.15) is 0 Å². The molecule has 0 spiro atoms. The first kappa shape index (κ1) is 14.6. The van der Waals surface area contributed by atoms with E-state index in [9.17, 15) is 4.79 Å². The van der Waals surface area contributed by atoms with E-state index in [-0.39, 0.29) is 5.91 Å². The maximum atomic E-state index is 12.3. The topological polar surface area (TPSA) is 45.2 Å². The Labute approximate surface area is 131 Å². The molecule has 4 heteroatoms. The van der Waals surface area contributed by atoms with Crippen LogP contribution in [0.25, 0.3) is 0 Å².